The number of carbonyl (C=O) groups is 1. The Kier molecular flexibility index (Phi) is 34.6. The summed E-state index contributed by atoms with van der Waals surface area (Å²) in [7, 11) is 1.23. The fourth-order valence-corrected chi connectivity index (χ4v) is 6.59. The van der Waals surface area contributed by atoms with Crippen LogP contribution in [0.3, 0.4) is 0 Å². The first-order chi connectivity index (χ1) is 25.0. The summed E-state index contributed by atoms with van der Waals surface area (Å²) in [5, 5.41) is 13.7. The SMILES string of the molecule is CCCCCC/C=C/CCCCCCCC(=O)N[C@@H](COP(=O)([O-])OCC[N+](C)(C)C)[C@H](O)/C=C/CC/C=C/CCCCCCCCCCCCC. The van der Waals surface area contributed by atoms with Crippen molar-refractivity contribution in [2.24, 2.45) is 0 Å². The lowest BCUT2D eigenvalue weighted by molar-refractivity contribution is -0.870. The van der Waals surface area contributed by atoms with Crippen LogP contribution in [0, 0.1) is 0 Å². The van der Waals surface area contributed by atoms with Crippen LogP contribution < -0.4 is 10.2 Å². The Balaban J connectivity index is 4.53. The smallest absolute Gasteiger partial charge is 0.268 e. The molecule has 0 saturated carbocycles. The van der Waals surface area contributed by atoms with E-state index in [1.807, 2.05) is 27.2 Å². The highest BCUT2D eigenvalue weighted by atomic mass is 31.2. The highest BCUT2D eigenvalue weighted by Crippen LogP contribution is 2.38. The number of nitrogens with zero attached hydrogens (tertiary/aromatic N) is 1. The lowest BCUT2D eigenvalue weighted by atomic mass is 10.1. The number of phosphoric acid groups is 1. The number of aliphatic hydroxyl groups is 1. The first-order valence-corrected chi connectivity index (χ1v) is 22.8. The number of hydrogen-bond donors (Lipinski definition) is 2. The van der Waals surface area contributed by atoms with Crippen molar-refractivity contribution in [2.75, 3.05) is 40.9 Å². The van der Waals surface area contributed by atoms with Gasteiger partial charge in [-0.15, -0.1) is 0 Å². The summed E-state index contributed by atoms with van der Waals surface area (Å²) in [5.41, 5.74) is 0. The molecule has 0 aliphatic carbocycles. The topological polar surface area (TPSA) is 108 Å². The Morgan fingerprint density at radius 2 is 1.08 bits per heavy atom. The predicted molar refractivity (Wildman–Crippen MR) is 219 cm³/mol. The maximum absolute atomic E-state index is 12.8. The van der Waals surface area contributed by atoms with Crippen LogP contribution in [0.25, 0.3) is 0 Å². The van der Waals surface area contributed by atoms with Crippen LogP contribution in [0.15, 0.2) is 36.5 Å². The Morgan fingerprint density at radius 1 is 0.654 bits per heavy atom. The van der Waals surface area contributed by atoms with E-state index in [2.05, 4.69) is 43.5 Å². The molecule has 0 bridgehead atoms. The third-order valence-corrected chi connectivity index (χ3v) is 10.3. The van der Waals surface area contributed by atoms with Crippen LogP contribution in [0.4, 0.5) is 0 Å². The van der Waals surface area contributed by atoms with Crippen molar-refractivity contribution >= 4 is 13.7 Å². The van der Waals surface area contributed by atoms with Gasteiger partial charge >= 0.3 is 0 Å². The zero-order valence-corrected chi connectivity index (χ0v) is 35.4. The summed E-state index contributed by atoms with van der Waals surface area (Å²) in [6.07, 6.45) is 41.9. The fourth-order valence-electron chi connectivity index (χ4n) is 5.87. The average Bonchev–Trinajstić information content (AvgIpc) is 3.09. The molecule has 8 nitrogen and oxygen atoms in total. The van der Waals surface area contributed by atoms with E-state index in [0.29, 0.717) is 17.4 Å². The predicted octanol–water partition coefficient (Wildman–Crippen LogP) is 10.9. The van der Waals surface area contributed by atoms with Gasteiger partial charge in [0.25, 0.3) is 7.82 Å². The molecule has 0 rings (SSSR count). The van der Waals surface area contributed by atoms with E-state index in [-0.39, 0.29) is 12.5 Å². The molecule has 0 spiro atoms. The van der Waals surface area contributed by atoms with Crippen LogP contribution in [0.2, 0.25) is 0 Å². The van der Waals surface area contributed by atoms with Crippen LogP contribution in [-0.4, -0.2) is 68.5 Å². The van der Waals surface area contributed by atoms with Gasteiger partial charge in [0.15, 0.2) is 0 Å². The molecule has 1 amide bonds. The van der Waals surface area contributed by atoms with E-state index in [1.54, 1.807) is 6.08 Å². The molecule has 0 heterocycles. The molecular weight excluding hydrogens is 671 g/mol. The monoisotopic (exact) mass is 755 g/mol. The molecular formula is C43H83N2O6P. The molecule has 0 fully saturated rings. The van der Waals surface area contributed by atoms with Gasteiger partial charge in [-0.05, 0) is 57.8 Å². The van der Waals surface area contributed by atoms with Gasteiger partial charge in [0.2, 0.25) is 5.91 Å². The molecule has 0 radical (unpaired) electrons. The standard InChI is InChI=1S/C43H83N2O6P/c1-6-8-10-12-14-16-18-20-21-22-23-25-26-28-30-32-34-36-42(46)41(40-51-52(48,49)50-39-38-45(3,4)5)44-43(47)37-35-33-31-29-27-24-19-17-15-13-11-9-7-2/h17,19,26,28,34,36,41-42,46H,6-16,18,20-25,27,29-33,35,37-40H2,1-5H3,(H-,44,47,48,49)/b19-17+,28-26+,36-34+/t41-,42+/m0/s1. The van der Waals surface area contributed by atoms with Gasteiger partial charge in [-0.3, -0.25) is 9.36 Å². The highest BCUT2D eigenvalue weighted by molar-refractivity contribution is 7.45. The molecule has 1 unspecified atom stereocenters. The molecule has 0 aliphatic heterocycles. The van der Waals surface area contributed by atoms with E-state index < -0.39 is 26.6 Å². The van der Waals surface area contributed by atoms with E-state index >= 15 is 0 Å². The second kappa shape index (κ2) is 35.4. The van der Waals surface area contributed by atoms with Crippen molar-refractivity contribution in [2.45, 2.75) is 193 Å². The maximum atomic E-state index is 12.8. The number of quaternary nitrogens is 1. The number of amides is 1. The van der Waals surface area contributed by atoms with Gasteiger partial charge < -0.3 is 28.8 Å². The number of nitrogens with one attached hydrogen (secondary N) is 1. The first kappa shape index (κ1) is 50.7. The Bertz CT molecular complexity index is 948. The van der Waals surface area contributed by atoms with E-state index in [4.69, 9.17) is 9.05 Å². The van der Waals surface area contributed by atoms with Gasteiger partial charge in [0.05, 0.1) is 39.9 Å². The Morgan fingerprint density at radius 3 is 1.58 bits per heavy atom. The summed E-state index contributed by atoms with van der Waals surface area (Å²) in [6, 6.07) is -0.904. The first-order valence-electron chi connectivity index (χ1n) is 21.4. The number of aliphatic hydroxyl groups excluding tert-OH is 1. The zero-order chi connectivity index (χ0) is 38.6. The minimum absolute atomic E-state index is 0.00807. The van der Waals surface area contributed by atoms with Crippen LogP contribution >= 0.6 is 7.82 Å². The maximum Gasteiger partial charge on any atom is 0.268 e. The molecule has 0 aromatic carbocycles. The number of phosphoric ester groups is 1. The third kappa shape index (κ3) is 37.1. The van der Waals surface area contributed by atoms with Gasteiger partial charge in [0, 0.05) is 6.42 Å². The number of likely N-dealkylation sites (N-methyl/N-ethyl adjacent to an activating group) is 1. The zero-order valence-electron chi connectivity index (χ0n) is 34.5. The molecule has 9 heteroatoms. The number of unbranched alkanes of at least 4 members (excludes halogenated alkanes) is 21. The van der Waals surface area contributed by atoms with Crippen molar-refractivity contribution in [3.8, 4) is 0 Å². The lowest BCUT2D eigenvalue weighted by Crippen LogP contribution is -2.45. The molecule has 3 atom stereocenters. The average molecular weight is 755 g/mol. The van der Waals surface area contributed by atoms with Crippen LogP contribution in [0.1, 0.15) is 181 Å². The van der Waals surface area contributed by atoms with Gasteiger partial charge in [0.1, 0.15) is 13.2 Å². The van der Waals surface area contributed by atoms with Crippen molar-refractivity contribution in [1.29, 1.82) is 0 Å². The number of hydrogen-bond acceptors (Lipinski definition) is 6. The minimum atomic E-state index is -4.59. The van der Waals surface area contributed by atoms with Crippen LogP contribution in [0.5, 0.6) is 0 Å². The number of allylic oxidation sites excluding steroid dienone is 5. The highest BCUT2D eigenvalue weighted by Gasteiger charge is 2.23. The molecule has 2 N–H and O–H groups in total. The normalized spacial score (nSPS) is 14.8. The second-order valence-electron chi connectivity index (χ2n) is 15.7. The van der Waals surface area contributed by atoms with Gasteiger partial charge in [-0.1, -0.05) is 153 Å². The molecule has 0 aromatic heterocycles. The Labute approximate surface area is 321 Å². The van der Waals surface area contributed by atoms with Crippen molar-refractivity contribution < 1.29 is 32.9 Å². The van der Waals surface area contributed by atoms with Crippen molar-refractivity contribution in [3.63, 3.8) is 0 Å². The molecule has 0 aliphatic rings. The summed E-state index contributed by atoms with van der Waals surface area (Å²) in [6.45, 7) is 4.59. The quantitative estimate of drug-likeness (QED) is 0.0281. The Hall–Kier alpha value is -1.28. The molecule has 306 valence electrons. The van der Waals surface area contributed by atoms with E-state index in [0.717, 1.165) is 57.8 Å². The summed E-state index contributed by atoms with van der Waals surface area (Å²) in [5.74, 6) is -0.218. The van der Waals surface area contributed by atoms with Crippen LogP contribution in [-0.2, 0) is 18.4 Å². The summed E-state index contributed by atoms with van der Waals surface area (Å²) < 4.78 is 23.1. The second-order valence-corrected chi connectivity index (χ2v) is 17.1. The summed E-state index contributed by atoms with van der Waals surface area (Å²) in [4.78, 5) is 25.2. The third-order valence-electron chi connectivity index (χ3n) is 9.32. The van der Waals surface area contributed by atoms with Crippen molar-refractivity contribution in [3.05, 3.63) is 36.5 Å². The van der Waals surface area contributed by atoms with Gasteiger partial charge in [-0.25, -0.2) is 0 Å². The van der Waals surface area contributed by atoms with Gasteiger partial charge in [-0.2, -0.15) is 0 Å². The molecule has 52 heavy (non-hydrogen) atoms. The van der Waals surface area contributed by atoms with E-state index in [9.17, 15) is 19.4 Å². The molecule has 0 saturated heterocycles. The minimum Gasteiger partial charge on any atom is -0.756 e. The van der Waals surface area contributed by atoms with E-state index in [1.165, 1.54) is 103 Å². The fraction of sp³-hybridized carbons (Fsp3) is 0.837. The van der Waals surface area contributed by atoms with Crippen molar-refractivity contribution in [1.82, 2.24) is 5.32 Å². The molecule has 0 aromatic rings. The number of carbonyl (C=O) groups excluding carboxylic acids is 1. The largest absolute Gasteiger partial charge is 0.756 e. The lowest BCUT2D eigenvalue weighted by Gasteiger charge is -2.29. The number of rotatable bonds is 38. The summed E-state index contributed by atoms with van der Waals surface area (Å²) >= 11 is 0.